The van der Waals surface area contributed by atoms with Crippen molar-refractivity contribution in [3.8, 4) is 0 Å². The Hall–Kier alpha value is -2.83. The van der Waals surface area contributed by atoms with Gasteiger partial charge in [-0.1, -0.05) is 6.07 Å². The summed E-state index contributed by atoms with van der Waals surface area (Å²) in [6.45, 7) is 7.68. The predicted molar refractivity (Wildman–Crippen MR) is 110 cm³/mol. The second-order valence-electron chi connectivity index (χ2n) is 6.91. The summed E-state index contributed by atoms with van der Waals surface area (Å²) < 4.78 is 0. The number of rotatable bonds is 5. The lowest BCUT2D eigenvalue weighted by Gasteiger charge is -2.35. The monoisotopic (exact) mass is 368 g/mol. The van der Waals surface area contributed by atoms with Crippen molar-refractivity contribution in [2.45, 2.75) is 13.8 Å². The number of piperazine rings is 1. The molecule has 0 bridgehead atoms. The normalized spacial score (nSPS) is 14.2. The van der Waals surface area contributed by atoms with E-state index in [9.17, 15) is 4.79 Å². The van der Waals surface area contributed by atoms with Crippen LogP contribution in [-0.2, 0) is 0 Å². The van der Waals surface area contributed by atoms with E-state index in [0.717, 1.165) is 48.3 Å². The van der Waals surface area contributed by atoms with Crippen molar-refractivity contribution in [2.75, 3.05) is 61.9 Å². The quantitative estimate of drug-likeness (QED) is 0.873. The number of nitrogens with zero attached hydrogens (tertiary/aromatic N) is 5. The minimum Gasteiger partial charge on any atom is -0.378 e. The summed E-state index contributed by atoms with van der Waals surface area (Å²) in [5, 5.41) is 3.24. The molecule has 1 fully saturated rings. The minimum atomic E-state index is 0.0885. The highest BCUT2D eigenvalue weighted by Crippen LogP contribution is 2.20. The second-order valence-corrected chi connectivity index (χ2v) is 6.91. The van der Waals surface area contributed by atoms with Crippen LogP contribution in [0.4, 0.5) is 17.3 Å². The maximum atomic E-state index is 12.9. The van der Waals surface area contributed by atoms with E-state index in [1.165, 1.54) is 0 Å². The van der Waals surface area contributed by atoms with Crippen LogP contribution in [0.2, 0.25) is 0 Å². The summed E-state index contributed by atoms with van der Waals surface area (Å²) in [6, 6.07) is 9.76. The molecule has 1 aromatic carbocycles. The number of aromatic nitrogens is 2. The topological polar surface area (TPSA) is 64.6 Å². The Morgan fingerprint density at radius 3 is 2.56 bits per heavy atom. The lowest BCUT2D eigenvalue weighted by molar-refractivity contribution is 0.0746. The highest BCUT2D eigenvalue weighted by Gasteiger charge is 2.23. The number of hydrogen-bond acceptors (Lipinski definition) is 6. The van der Waals surface area contributed by atoms with E-state index in [0.29, 0.717) is 13.1 Å². The third-order valence-electron chi connectivity index (χ3n) is 4.68. The minimum absolute atomic E-state index is 0.0885. The number of amides is 1. The molecule has 7 heteroatoms. The van der Waals surface area contributed by atoms with Crippen LogP contribution in [0.15, 0.2) is 30.3 Å². The Bertz CT molecular complexity index is 799. The molecule has 7 nitrogen and oxygen atoms in total. The first-order valence-corrected chi connectivity index (χ1v) is 9.39. The molecular weight excluding hydrogens is 340 g/mol. The Balaban J connectivity index is 1.67. The van der Waals surface area contributed by atoms with Crippen molar-refractivity contribution in [2.24, 2.45) is 0 Å². The van der Waals surface area contributed by atoms with Gasteiger partial charge >= 0.3 is 0 Å². The zero-order valence-electron chi connectivity index (χ0n) is 16.6. The molecular formula is C20H28N6O. The molecule has 0 aliphatic carbocycles. The lowest BCUT2D eigenvalue weighted by atomic mass is 10.1. The van der Waals surface area contributed by atoms with Crippen molar-refractivity contribution >= 4 is 23.2 Å². The molecule has 1 aliphatic heterocycles. The summed E-state index contributed by atoms with van der Waals surface area (Å²) in [5.74, 6) is 2.60. The lowest BCUT2D eigenvalue weighted by Crippen LogP contribution is -2.49. The van der Waals surface area contributed by atoms with Crippen molar-refractivity contribution in [3.05, 3.63) is 41.7 Å². The fraction of sp³-hybridized carbons (Fsp3) is 0.450. The van der Waals surface area contributed by atoms with Crippen LogP contribution in [0.3, 0.4) is 0 Å². The van der Waals surface area contributed by atoms with Crippen LogP contribution in [0.25, 0.3) is 0 Å². The van der Waals surface area contributed by atoms with Gasteiger partial charge in [-0.15, -0.1) is 0 Å². The van der Waals surface area contributed by atoms with E-state index in [4.69, 9.17) is 0 Å². The number of carbonyl (C=O) groups is 1. The van der Waals surface area contributed by atoms with Gasteiger partial charge in [0.15, 0.2) is 0 Å². The third-order valence-corrected chi connectivity index (χ3v) is 4.68. The van der Waals surface area contributed by atoms with E-state index in [1.54, 1.807) is 0 Å². The molecule has 1 N–H and O–H groups in total. The van der Waals surface area contributed by atoms with E-state index >= 15 is 0 Å². The number of benzene rings is 1. The van der Waals surface area contributed by atoms with Gasteiger partial charge in [0, 0.05) is 64.1 Å². The van der Waals surface area contributed by atoms with E-state index < -0.39 is 0 Å². The number of carbonyl (C=O) groups excluding carboxylic acids is 1. The smallest absolute Gasteiger partial charge is 0.254 e. The first-order chi connectivity index (χ1) is 13.0. The van der Waals surface area contributed by atoms with Gasteiger partial charge in [-0.2, -0.15) is 0 Å². The molecule has 0 atom stereocenters. The zero-order chi connectivity index (χ0) is 19.4. The van der Waals surface area contributed by atoms with Gasteiger partial charge in [0.2, 0.25) is 0 Å². The van der Waals surface area contributed by atoms with Crippen molar-refractivity contribution in [3.63, 3.8) is 0 Å². The molecule has 2 heterocycles. The Labute approximate surface area is 161 Å². The molecule has 0 spiro atoms. The molecule has 144 valence electrons. The van der Waals surface area contributed by atoms with Gasteiger partial charge in [-0.3, -0.25) is 4.79 Å². The molecule has 0 radical (unpaired) electrons. The summed E-state index contributed by atoms with van der Waals surface area (Å²) >= 11 is 0. The maximum absolute atomic E-state index is 12.9. The Kier molecular flexibility index (Phi) is 5.78. The van der Waals surface area contributed by atoms with Crippen molar-refractivity contribution in [1.82, 2.24) is 14.9 Å². The van der Waals surface area contributed by atoms with Crippen LogP contribution in [0.1, 0.15) is 23.1 Å². The average molecular weight is 368 g/mol. The van der Waals surface area contributed by atoms with Gasteiger partial charge in [0.1, 0.15) is 17.5 Å². The number of anilines is 3. The van der Waals surface area contributed by atoms with Crippen molar-refractivity contribution in [1.29, 1.82) is 0 Å². The molecule has 0 unspecified atom stereocenters. The summed E-state index contributed by atoms with van der Waals surface area (Å²) in [7, 11) is 3.96. The number of hydrogen-bond donors (Lipinski definition) is 1. The van der Waals surface area contributed by atoms with E-state index in [2.05, 4.69) is 20.2 Å². The van der Waals surface area contributed by atoms with Crippen LogP contribution < -0.4 is 15.1 Å². The van der Waals surface area contributed by atoms with Crippen LogP contribution >= 0.6 is 0 Å². The SMILES string of the molecule is CCNc1cc(N2CCN(C(=O)c3cccc(N(C)C)c3)CC2)nc(C)n1. The Morgan fingerprint density at radius 2 is 1.89 bits per heavy atom. The first kappa shape index (κ1) is 18.9. The van der Waals surface area contributed by atoms with Gasteiger partial charge in [0.25, 0.3) is 5.91 Å². The maximum Gasteiger partial charge on any atom is 0.254 e. The molecule has 27 heavy (non-hydrogen) atoms. The van der Waals surface area contributed by atoms with Gasteiger partial charge in [-0.25, -0.2) is 9.97 Å². The third kappa shape index (κ3) is 4.48. The molecule has 2 aromatic rings. The number of aryl methyl sites for hydroxylation is 1. The van der Waals surface area contributed by atoms with Crippen LogP contribution in [0.5, 0.6) is 0 Å². The highest BCUT2D eigenvalue weighted by atomic mass is 16.2. The first-order valence-electron chi connectivity index (χ1n) is 9.39. The molecule has 1 aromatic heterocycles. The second kappa shape index (κ2) is 8.24. The standard InChI is InChI=1S/C20H28N6O/c1-5-21-18-14-19(23-15(2)22-18)25-9-11-26(12-10-25)20(27)16-7-6-8-17(13-16)24(3)4/h6-8,13-14H,5,9-12H2,1-4H3,(H,21,22,23). The van der Waals surface area contributed by atoms with Gasteiger partial charge in [0.05, 0.1) is 0 Å². The van der Waals surface area contributed by atoms with E-state index in [-0.39, 0.29) is 5.91 Å². The van der Waals surface area contributed by atoms with Gasteiger partial charge < -0.3 is 20.0 Å². The molecule has 1 amide bonds. The number of nitrogens with one attached hydrogen (secondary N) is 1. The zero-order valence-corrected chi connectivity index (χ0v) is 16.6. The molecule has 0 saturated carbocycles. The van der Waals surface area contributed by atoms with Crippen LogP contribution in [-0.4, -0.2) is 67.6 Å². The highest BCUT2D eigenvalue weighted by molar-refractivity contribution is 5.95. The van der Waals surface area contributed by atoms with Gasteiger partial charge in [-0.05, 0) is 32.0 Å². The Morgan fingerprint density at radius 1 is 1.15 bits per heavy atom. The van der Waals surface area contributed by atoms with Crippen molar-refractivity contribution < 1.29 is 4.79 Å². The van der Waals surface area contributed by atoms with E-state index in [1.807, 2.05) is 68.1 Å². The van der Waals surface area contributed by atoms with Crippen LogP contribution in [0, 0.1) is 6.92 Å². The fourth-order valence-corrected chi connectivity index (χ4v) is 3.22. The fourth-order valence-electron chi connectivity index (χ4n) is 3.22. The largest absolute Gasteiger partial charge is 0.378 e. The summed E-state index contributed by atoms with van der Waals surface area (Å²) in [6.07, 6.45) is 0. The average Bonchev–Trinajstić information content (AvgIpc) is 2.67. The predicted octanol–water partition coefficient (Wildman–Crippen LogP) is 2.25. The summed E-state index contributed by atoms with van der Waals surface area (Å²) in [5.41, 5.74) is 1.77. The molecule has 1 aliphatic rings. The molecule has 3 rings (SSSR count). The molecule has 1 saturated heterocycles. The summed E-state index contributed by atoms with van der Waals surface area (Å²) in [4.78, 5) is 28.0.